The molecule has 1 fully saturated rings. The average Bonchev–Trinajstić information content (AvgIpc) is 3.47. The Bertz CT molecular complexity index is 1310. The van der Waals surface area contributed by atoms with Gasteiger partial charge in [0.15, 0.2) is 5.11 Å². The molecule has 0 unspecified atom stereocenters. The number of furan rings is 1. The molecule has 2 aromatic heterocycles. The Morgan fingerprint density at radius 2 is 1.85 bits per heavy atom. The second kappa shape index (κ2) is 9.66. The molecule has 34 heavy (non-hydrogen) atoms. The third-order valence-corrected chi connectivity index (χ3v) is 6.79. The fourth-order valence-corrected chi connectivity index (χ4v) is 4.88. The fourth-order valence-electron chi connectivity index (χ4n) is 4.14. The van der Waals surface area contributed by atoms with E-state index in [1.54, 1.807) is 12.3 Å². The predicted octanol–water partition coefficient (Wildman–Crippen LogP) is 7.22. The zero-order valence-corrected chi connectivity index (χ0v) is 20.6. The van der Waals surface area contributed by atoms with Crippen molar-refractivity contribution in [3.05, 3.63) is 100 Å². The van der Waals surface area contributed by atoms with Crippen molar-refractivity contribution in [3.8, 4) is 17.1 Å². The van der Waals surface area contributed by atoms with Gasteiger partial charge >= 0.3 is 0 Å². The molecular formula is C26H21Cl2N3O2S. The molecule has 4 aromatic rings. The molecule has 1 aliphatic heterocycles. The summed E-state index contributed by atoms with van der Waals surface area (Å²) in [6.07, 6.45) is 1.77. The van der Waals surface area contributed by atoms with Crippen LogP contribution in [0.5, 0.6) is 5.75 Å². The second-order valence-corrected chi connectivity index (χ2v) is 8.90. The van der Waals surface area contributed by atoms with Crippen LogP contribution in [0.2, 0.25) is 10.0 Å². The number of hydrogen-bond donors (Lipinski definition) is 1. The van der Waals surface area contributed by atoms with Gasteiger partial charge < -0.3 is 19.4 Å². The topological polar surface area (TPSA) is 50.5 Å². The Morgan fingerprint density at radius 3 is 2.59 bits per heavy atom. The van der Waals surface area contributed by atoms with Gasteiger partial charge in [-0.05, 0) is 79.8 Å². The maximum absolute atomic E-state index is 6.45. The van der Waals surface area contributed by atoms with Crippen LogP contribution in [0, 0.1) is 0 Å². The van der Waals surface area contributed by atoms with Gasteiger partial charge in [0.25, 0.3) is 0 Å². The van der Waals surface area contributed by atoms with Crippen LogP contribution in [0.1, 0.15) is 30.5 Å². The van der Waals surface area contributed by atoms with Crippen LogP contribution in [0.3, 0.4) is 0 Å². The SMILES string of the molecule is CCOc1ccc(N2C(=S)N[C@@H](c3ccccn3)[C@H]2c2ccc(-c3cccc(Cl)c3Cl)o2)cc1. The monoisotopic (exact) mass is 509 g/mol. The minimum atomic E-state index is -0.271. The Hall–Kier alpha value is -3.06. The first kappa shape index (κ1) is 22.7. The number of halogens is 2. The molecule has 172 valence electrons. The number of benzene rings is 2. The molecule has 3 heterocycles. The Labute approximate surface area is 213 Å². The highest BCUT2D eigenvalue weighted by Crippen LogP contribution is 2.44. The molecule has 8 heteroatoms. The molecule has 0 amide bonds. The first-order valence-electron chi connectivity index (χ1n) is 10.8. The summed E-state index contributed by atoms with van der Waals surface area (Å²) in [5.74, 6) is 2.16. The standard InChI is InChI=1S/C26H21Cl2N3O2S/c1-2-32-17-11-9-16(10-12-17)31-25(24(30-26(31)34)20-8-3-4-15-29-20)22-14-13-21(33-22)18-6-5-7-19(27)23(18)28/h3-15,24-25H,2H2,1H3,(H,30,34)/t24-,25+/m0/s1. The van der Waals surface area contributed by atoms with Crippen molar-refractivity contribution in [2.75, 3.05) is 11.5 Å². The van der Waals surface area contributed by atoms with E-state index in [2.05, 4.69) is 10.3 Å². The fraction of sp³-hybridized carbons (Fsp3) is 0.154. The van der Waals surface area contributed by atoms with Crippen LogP contribution < -0.4 is 15.0 Å². The van der Waals surface area contributed by atoms with E-state index in [0.29, 0.717) is 27.5 Å². The smallest absolute Gasteiger partial charge is 0.174 e. The zero-order valence-electron chi connectivity index (χ0n) is 18.2. The lowest BCUT2D eigenvalue weighted by Crippen LogP contribution is -2.29. The Morgan fingerprint density at radius 1 is 1.03 bits per heavy atom. The quantitative estimate of drug-likeness (QED) is 0.276. The average molecular weight is 510 g/mol. The van der Waals surface area contributed by atoms with E-state index < -0.39 is 0 Å². The van der Waals surface area contributed by atoms with Crippen molar-refractivity contribution in [1.82, 2.24) is 10.3 Å². The molecule has 0 bridgehead atoms. The summed E-state index contributed by atoms with van der Waals surface area (Å²) >= 11 is 18.5. The van der Waals surface area contributed by atoms with Gasteiger partial charge in [0.2, 0.25) is 0 Å². The number of nitrogens with zero attached hydrogens (tertiary/aromatic N) is 2. The van der Waals surface area contributed by atoms with Crippen LogP contribution >= 0.6 is 35.4 Å². The first-order valence-corrected chi connectivity index (χ1v) is 12.0. The number of hydrogen-bond acceptors (Lipinski definition) is 4. The van der Waals surface area contributed by atoms with Crippen LogP contribution in [-0.4, -0.2) is 16.7 Å². The number of rotatable bonds is 6. The summed E-state index contributed by atoms with van der Waals surface area (Å²) in [5.41, 5.74) is 2.51. The number of nitrogens with one attached hydrogen (secondary N) is 1. The molecular weight excluding hydrogens is 489 g/mol. The molecule has 5 nitrogen and oxygen atoms in total. The first-order chi connectivity index (χ1) is 16.6. The predicted molar refractivity (Wildman–Crippen MR) is 140 cm³/mol. The lowest BCUT2D eigenvalue weighted by atomic mass is 10.0. The van der Waals surface area contributed by atoms with Crippen LogP contribution in [0.25, 0.3) is 11.3 Å². The summed E-state index contributed by atoms with van der Waals surface area (Å²) in [6.45, 7) is 2.57. The number of anilines is 1. The van der Waals surface area contributed by atoms with Crippen molar-refractivity contribution in [1.29, 1.82) is 0 Å². The van der Waals surface area contributed by atoms with Gasteiger partial charge in [-0.15, -0.1) is 0 Å². The summed E-state index contributed by atoms with van der Waals surface area (Å²) in [5, 5.41) is 4.95. The molecule has 0 spiro atoms. The molecule has 1 aliphatic rings. The number of ether oxygens (including phenoxy) is 1. The molecule has 2 aromatic carbocycles. The number of aromatic nitrogens is 1. The van der Waals surface area contributed by atoms with Crippen molar-refractivity contribution >= 4 is 46.2 Å². The molecule has 2 atom stereocenters. The lowest BCUT2D eigenvalue weighted by Gasteiger charge is -2.26. The van der Waals surface area contributed by atoms with Gasteiger partial charge in [-0.3, -0.25) is 4.98 Å². The summed E-state index contributed by atoms with van der Waals surface area (Å²) in [6, 6.07) is 22.5. The van der Waals surface area contributed by atoms with E-state index >= 15 is 0 Å². The van der Waals surface area contributed by atoms with Gasteiger partial charge in [-0.1, -0.05) is 35.3 Å². The van der Waals surface area contributed by atoms with Crippen LogP contribution in [-0.2, 0) is 0 Å². The van der Waals surface area contributed by atoms with Gasteiger partial charge in [-0.2, -0.15) is 0 Å². The summed E-state index contributed by atoms with van der Waals surface area (Å²) < 4.78 is 12.0. The minimum absolute atomic E-state index is 0.214. The highest BCUT2D eigenvalue weighted by atomic mass is 35.5. The Balaban J connectivity index is 1.58. The van der Waals surface area contributed by atoms with Gasteiger partial charge in [-0.25, -0.2) is 0 Å². The third-order valence-electron chi connectivity index (χ3n) is 5.66. The van der Waals surface area contributed by atoms with E-state index in [9.17, 15) is 0 Å². The third kappa shape index (κ3) is 4.25. The van der Waals surface area contributed by atoms with E-state index in [0.717, 1.165) is 28.5 Å². The van der Waals surface area contributed by atoms with E-state index in [4.69, 9.17) is 44.6 Å². The summed E-state index contributed by atoms with van der Waals surface area (Å²) in [4.78, 5) is 6.63. The van der Waals surface area contributed by atoms with E-state index in [1.807, 2.05) is 78.6 Å². The molecule has 0 radical (unpaired) electrons. The highest BCUT2D eigenvalue weighted by molar-refractivity contribution is 7.80. The van der Waals surface area contributed by atoms with Gasteiger partial charge in [0.1, 0.15) is 23.3 Å². The largest absolute Gasteiger partial charge is 0.494 e. The van der Waals surface area contributed by atoms with E-state index in [1.165, 1.54) is 0 Å². The van der Waals surface area contributed by atoms with Crippen LogP contribution in [0.4, 0.5) is 5.69 Å². The van der Waals surface area contributed by atoms with Crippen molar-refractivity contribution in [2.45, 2.75) is 19.0 Å². The maximum Gasteiger partial charge on any atom is 0.174 e. The van der Waals surface area contributed by atoms with Gasteiger partial charge in [0.05, 0.1) is 28.4 Å². The normalized spacial score (nSPS) is 17.6. The molecule has 1 saturated heterocycles. The molecule has 0 saturated carbocycles. The van der Waals surface area contributed by atoms with Gasteiger partial charge in [0, 0.05) is 17.4 Å². The van der Waals surface area contributed by atoms with Crippen molar-refractivity contribution in [2.24, 2.45) is 0 Å². The lowest BCUT2D eigenvalue weighted by molar-refractivity contribution is 0.340. The van der Waals surface area contributed by atoms with Crippen molar-refractivity contribution < 1.29 is 9.15 Å². The zero-order chi connectivity index (χ0) is 23.7. The van der Waals surface area contributed by atoms with Crippen molar-refractivity contribution in [3.63, 3.8) is 0 Å². The molecule has 1 N–H and O–H groups in total. The highest BCUT2D eigenvalue weighted by Gasteiger charge is 2.42. The second-order valence-electron chi connectivity index (χ2n) is 7.73. The minimum Gasteiger partial charge on any atom is -0.494 e. The molecule has 5 rings (SSSR count). The summed E-state index contributed by atoms with van der Waals surface area (Å²) in [7, 11) is 0. The maximum atomic E-state index is 6.45. The van der Waals surface area contributed by atoms with Crippen LogP contribution in [0.15, 0.2) is 83.4 Å². The molecule has 0 aliphatic carbocycles. The Kier molecular flexibility index (Phi) is 6.46. The number of thiocarbonyl (C=S) groups is 1. The van der Waals surface area contributed by atoms with E-state index in [-0.39, 0.29) is 12.1 Å². The number of pyridine rings is 1.